The summed E-state index contributed by atoms with van der Waals surface area (Å²) in [5.41, 5.74) is 2.13. The van der Waals surface area contributed by atoms with Gasteiger partial charge in [-0.3, -0.25) is 4.79 Å². The molecule has 2 aromatic rings. The Labute approximate surface area is 161 Å². The highest BCUT2D eigenvalue weighted by Gasteiger charge is 2.43. The van der Waals surface area contributed by atoms with Crippen molar-refractivity contribution >= 4 is 5.91 Å². The van der Waals surface area contributed by atoms with Crippen molar-refractivity contribution in [2.24, 2.45) is 11.3 Å². The molecule has 3 heterocycles. The van der Waals surface area contributed by atoms with E-state index in [0.717, 1.165) is 42.3 Å². The number of piperidine rings is 1. The van der Waals surface area contributed by atoms with Crippen molar-refractivity contribution in [1.82, 2.24) is 9.80 Å². The molecular weight excluding hydrogens is 336 g/mol. The molecule has 142 valence electrons. The van der Waals surface area contributed by atoms with Gasteiger partial charge in [-0.2, -0.15) is 0 Å². The molecule has 2 aliphatic heterocycles. The lowest BCUT2D eigenvalue weighted by molar-refractivity contribution is 0.0681. The van der Waals surface area contributed by atoms with Crippen LogP contribution in [0, 0.1) is 11.3 Å². The summed E-state index contributed by atoms with van der Waals surface area (Å²) in [5, 5.41) is 0. The number of furan rings is 1. The maximum absolute atomic E-state index is 13.0. The first-order valence-electron chi connectivity index (χ1n) is 10.4. The average Bonchev–Trinajstić information content (AvgIpc) is 3.18. The number of rotatable bonds is 4. The number of benzene rings is 1. The van der Waals surface area contributed by atoms with E-state index >= 15 is 0 Å². The zero-order valence-corrected chi connectivity index (χ0v) is 15.9. The van der Waals surface area contributed by atoms with Crippen LogP contribution in [0.25, 0.3) is 11.3 Å². The summed E-state index contributed by atoms with van der Waals surface area (Å²) in [7, 11) is 0. The van der Waals surface area contributed by atoms with Crippen LogP contribution < -0.4 is 0 Å². The standard InChI is InChI=1S/C23H28N2O2/c26-22(20-8-6-19(7-9-20)21-3-1-14-27-21)25-13-11-23(17-25)10-2-12-24(16-23)15-18-4-5-18/h1,3,6-9,14,18H,2,4-5,10-13,15-17H2/t23-/m1/s1. The fourth-order valence-electron chi connectivity index (χ4n) is 4.98. The topological polar surface area (TPSA) is 36.7 Å². The van der Waals surface area contributed by atoms with Gasteiger partial charge >= 0.3 is 0 Å². The Bertz CT molecular complexity index is 794. The molecule has 3 fully saturated rings. The second kappa shape index (κ2) is 6.83. The third kappa shape index (κ3) is 3.55. The summed E-state index contributed by atoms with van der Waals surface area (Å²) in [5.74, 6) is 1.97. The van der Waals surface area contributed by atoms with E-state index in [1.807, 2.05) is 36.4 Å². The van der Waals surface area contributed by atoms with Crippen LogP contribution in [0.1, 0.15) is 42.5 Å². The summed E-state index contributed by atoms with van der Waals surface area (Å²) in [6.07, 6.45) is 8.23. The number of likely N-dealkylation sites (tertiary alicyclic amines) is 2. The van der Waals surface area contributed by atoms with E-state index < -0.39 is 0 Å². The summed E-state index contributed by atoms with van der Waals surface area (Å²) in [6, 6.07) is 11.7. The quantitative estimate of drug-likeness (QED) is 0.812. The molecular formula is C23H28N2O2. The van der Waals surface area contributed by atoms with E-state index in [0.29, 0.717) is 5.41 Å². The van der Waals surface area contributed by atoms with Gasteiger partial charge in [0.2, 0.25) is 0 Å². The van der Waals surface area contributed by atoms with Crippen molar-refractivity contribution in [3.8, 4) is 11.3 Å². The van der Waals surface area contributed by atoms with Crippen LogP contribution in [0.2, 0.25) is 0 Å². The lowest BCUT2D eigenvalue weighted by Gasteiger charge is -2.40. The van der Waals surface area contributed by atoms with Crippen LogP contribution in [0.15, 0.2) is 47.1 Å². The van der Waals surface area contributed by atoms with E-state index in [-0.39, 0.29) is 5.91 Å². The van der Waals surface area contributed by atoms with Gasteiger partial charge in [-0.15, -0.1) is 0 Å². The molecule has 27 heavy (non-hydrogen) atoms. The molecule has 3 aliphatic rings. The fraction of sp³-hybridized carbons (Fsp3) is 0.522. The average molecular weight is 364 g/mol. The van der Waals surface area contributed by atoms with Crippen LogP contribution >= 0.6 is 0 Å². The van der Waals surface area contributed by atoms with Crippen LogP contribution in [0.3, 0.4) is 0 Å². The van der Waals surface area contributed by atoms with Gasteiger partial charge in [0.1, 0.15) is 5.76 Å². The summed E-state index contributed by atoms with van der Waals surface area (Å²) >= 11 is 0. The minimum absolute atomic E-state index is 0.178. The van der Waals surface area contributed by atoms with Gasteiger partial charge in [0.15, 0.2) is 0 Å². The monoisotopic (exact) mass is 364 g/mol. The van der Waals surface area contributed by atoms with E-state index in [4.69, 9.17) is 4.42 Å². The Balaban J connectivity index is 1.24. The summed E-state index contributed by atoms with van der Waals surface area (Å²) in [6.45, 7) is 5.54. The van der Waals surface area contributed by atoms with Crippen molar-refractivity contribution in [3.05, 3.63) is 48.2 Å². The Morgan fingerprint density at radius 1 is 1.07 bits per heavy atom. The Morgan fingerprint density at radius 3 is 2.67 bits per heavy atom. The SMILES string of the molecule is O=C(c1ccc(-c2ccco2)cc1)N1CC[C@@]2(CCCN(CC3CC3)C2)C1. The molecule has 1 atom stereocenters. The third-order valence-corrected chi connectivity index (χ3v) is 6.62. The molecule has 0 unspecified atom stereocenters. The molecule has 4 heteroatoms. The minimum atomic E-state index is 0.178. The maximum Gasteiger partial charge on any atom is 0.253 e. The van der Waals surface area contributed by atoms with Gasteiger partial charge in [-0.1, -0.05) is 12.1 Å². The highest BCUT2D eigenvalue weighted by molar-refractivity contribution is 5.94. The van der Waals surface area contributed by atoms with Crippen molar-refractivity contribution in [3.63, 3.8) is 0 Å². The molecule has 0 radical (unpaired) electrons. The van der Waals surface area contributed by atoms with E-state index in [1.54, 1.807) is 6.26 Å². The highest BCUT2D eigenvalue weighted by Crippen LogP contribution is 2.41. The summed E-state index contributed by atoms with van der Waals surface area (Å²) in [4.78, 5) is 17.8. The molecule has 0 N–H and O–H groups in total. The zero-order chi connectivity index (χ0) is 18.3. The molecule has 5 rings (SSSR count). The first-order chi connectivity index (χ1) is 13.2. The lowest BCUT2D eigenvalue weighted by atomic mass is 9.79. The third-order valence-electron chi connectivity index (χ3n) is 6.62. The molecule has 0 bridgehead atoms. The second-order valence-electron chi connectivity index (χ2n) is 8.81. The number of nitrogens with zero attached hydrogens (tertiary/aromatic N) is 2. The number of carbonyl (C=O) groups excluding carboxylic acids is 1. The first kappa shape index (κ1) is 17.1. The van der Waals surface area contributed by atoms with Crippen LogP contribution in [0.5, 0.6) is 0 Å². The van der Waals surface area contributed by atoms with E-state index in [9.17, 15) is 4.79 Å². The van der Waals surface area contributed by atoms with Gasteiger partial charge in [-0.05, 0) is 68.8 Å². The van der Waals surface area contributed by atoms with Crippen molar-refractivity contribution in [2.75, 3.05) is 32.7 Å². The predicted molar refractivity (Wildman–Crippen MR) is 105 cm³/mol. The number of carbonyl (C=O) groups is 1. The van der Waals surface area contributed by atoms with Crippen LogP contribution in [0.4, 0.5) is 0 Å². The van der Waals surface area contributed by atoms with E-state index in [2.05, 4.69) is 9.80 Å². The molecule has 1 aromatic carbocycles. The van der Waals surface area contributed by atoms with Crippen molar-refractivity contribution in [2.45, 2.75) is 32.1 Å². The second-order valence-corrected chi connectivity index (χ2v) is 8.81. The first-order valence-corrected chi connectivity index (χ1v) is 10.4. The molecule has 1 aromatic heterocycles. The van der Waals surface area contributed by atoms with Gasteiger partial charge in [0, 0.05) is 42.7 Å². The molecule has 1 aliphatic carbocycles. The zero-order valence-electron chi connectivity index (χ0n) is 15.9. The van der Waals surface area contributed by atoms with Crippen molar-refractivity contribution in [1.29, 1.82) is 0 Å². The van der Waals surface area contributed by atoms with Gasteiger partial charge < -0.3 is 14.2 Å². The predicted octanol–water partition coefficient (Wildman–Crippen LogP) is 4.28. The number of hydrogen-bond donors (Lipinski definition) is 0. The highest BCUT2D eigenvalue weighted by atomic mass is 16.3. The fourth-order valence-corrected chi connectivity index (χ4v) is 4.98. The smallest absolute Gasteiger partial charge is 0.253 e. The number of hydrogen-bond acceptors (Lipinski definition) is 3. The molecule has 1 amide bonds. The normalized spacial score (nSPS) is 26.0. The molecule has 4 nitrogen and oxygen atoms in total. The van der Waals surface area contributed by atoms with Crippen LogP contribution in [-0.4, -0.2) is 48.4 Å². The van der Waals surface area contributed by atoms with Crippen molar-refractivity contribution < 1.29 is 9.21 Å². The Morgan fingerprint density at radius 2 is 1.93 bits per heavy atom. The molecule has 1 saturated carbocycles. The minimum Gasteiger partial charge on any atom is -0.464 e. The molecule has 1 spiro atoms. The van der Waals surface area contributed by atoms with Crippen LogP contribution in [-0.2, 0) is 0 Å². The summed E-state index contributed by atoms with van der Waals surface area (Å²) < 4.78 is 5.44. The Hall–Kier alpha value is -2.07. The lowest BCUT2D eigenvalue weighted by Crippen LogP contribution is -2.46. The van der Waals surface area contributed by atoms with E-state index in [1.165, 1.54) is 45.3 Å². The van der Waals surface area contributed by atoms with Gasteiger partial charge in [0.05, 0.1) is 6.26 Å². The number of amides is 1. The van der Waals surface area contributed by atoms with Gasteiger partial charge in [0.25, 0.3) is 5.91 Å². The largest absolute Gasteiger partial charge is 0.464 e. The molecule has 2 saturated heterocycles. The van der Waals surface area contributed by atoms with Gasteiger partial charge in [-0.25, -0.2) is 0 Å². The Kier molecular flexibility index (Phi) is 4.31. The maximum atomic E-state index is 13.0.